The summed E-state index contributed by atoms with van der Waals surface area (Å²) in [6.45, 7) is 0. The van der Waals surface area contributed by atoms with Crippen molar-refractivity contribution in [3.05, 3.63) is 24.3 Å². The van der Waals surface area contributed by atoms with Gasteiger partial charge in [0, 0.05) is 0 Å². The van der Waals surface area contributed by atoms with E-state index in [1.807, 2.05) is 0 Å². The van der Waals surface area contributed by atoms with Crippen molar-refractivity contribution < 1.29 is 14.3 Å². The molecule has 3 nitrogen and oxygen atoms in total. The second-order valence-electron chi connectivity index (χ2n) is 6.51. The van der Waals surface area contributed by atoms with Crippen LogP contribution in [-0.2, 0) is 14.3 Å². The monoisotopic (exact) mass is 258 g/mol. The molecule has 6 atom stereocenters. The quantitative estimate of drug-likeness (QED) is 0.434. The summed E-state index contributed by atoms with van der Waals surface area (Å²) in [5, 5.41) is 0. The van der Waals surface area contributed by atoms with Gasteiger partial charge in [-0.2, -0.15) is 0 Å². The number of rotatable bonds is 2. The fourth-order valence-electron chi connectivity index (χ4n) is 4.35. The second-order valence-corrected chi connectivity index (χ2v) is 6.51. The normalized spacial score (nSPS) is 45.1. The standard InChI is InChI=1S/C16H18O3/c17-15(13-7-9-1-3-11(13)5-9)19-16(18)14-8-10-2-4-12(14)6-10/h1-4,9-14H,5-8H2. The molecule has 0 saturated heterocycles. The lowest BCUT2D eigenvalue weighted by Crippen LogP contribution is -2.29. The minimum Gasteiger partial charge on any atom is -0.393 e. The summed E-state index contributed by atoms with van der Waals surface area (Å²) < 4.78 is 5.18. The van der Waals surface area contributed by atoms with Crippen LogP contribution in [0.4, 0.5) is 0 Å². The third-order valence-electron chi connectivity index (χ3n) is 5.36. The van der Waals surface area contributed by atoms with Gasteiger partial charge < -0.3 is 4.74 Å². The molecule has 3 heteroatoms. The summed E-state index contributed by atoms with van der Waals surface area (Å²) in [5.74, 6) is 0.963. The van der Waals surface area contributed by atoms with Crippen LogP contribution in [0.1, 0.15) is 25.7 Å². The van der Waals surface area contributed by atoms with Crippen molar-refractivity contribution >= 4 is 11.9 Å². The Balaban J connectivity index is 1.39. The molecule has 2 fully saturated rings. The van der Waals surface area contributed by atoms with Crippen LogP contribution in [0, 0.1) is 35.5 Å². The van der Waals surface area contributed by atoms with E-state index in [1.54, 1.807) is 0 Å². The van der Waals surface area contributed by atoms with E-state index in [9.17, 15) is 9.59 Å². The minimum absolute atomic E-state index is 0.0758. The molecule has 0 aromatic heterocycles. The number of allylic oxidation sites excluding steroid dienone is 4. The van der Waals surface area contributed by atoms with Gasteiger partial charge in [0.2, 0.25) is 0 Å². The Hall–Kier alpha value is -1.38. The minimum atomic E-state index is -0.284. The Bertz CT molecular complexity index is 446. The van der Waals surface area contributed by atoms with E-state index in [0.29, 0.717) is 23.7 Å². The van der Waals surface area contributed by atoms with Crippen molar-refractivity contribution in [2.75, 3.05) is 0 Å². The molecule has 0 N–H and O–H groups in total. The van der Waals surface area contributed by atoms with Crippen molar-refractivity contribution in [2.24, 2.45) is 35.5 Å². The topological polar surface area (TPSA) is 43.4 Å². The molecule has 0 spiro atoms. The fourth-order valence-corrected chi connectivity index (χ4v) is 4.35. The molecular weight excluding hydrogens is 240 g/mol. The van der Waals surface area contributed by atoms with E-state index < -0.39 is 0 Å². The molecule has 4 aliphatic rings. The second kappa shape index (κ2) is 4.06. The third kappa shape index (κ3) is 1.78. The lowest BCUT2D eigenvalue weighted by molar-refractivity contribution is -0.166. The van der Waals surface area contributed by atoms with Gasteiger partial charge >= 0.3 is 11.9 Å². The van der Waals surface area contributed by atoms with Gasteiger partial charge in [-0.25, -0.2) is 0 Å². The van der Waals surface area contributed by atoms with Gasteiger partial charge in [0.25, 0.3) is 0 Å². The van der Waals surface area contributed by atoms with Crippen LogP contribution in [0.25, 0.3) is 0 Å². The Kier molecular flexibility index (Phi) is 2.44. The van der Waals surface area contributed by atoms with Crippen LogP contribution in [0.2, 0.25) is 0 Å². The largest absolute Gasteiger partial charge is 0.393 e. The van der Waals surface area contributed by atoms with Crippen LogP contribution in [0.15, 0.2) is 24.3 Å². The average Bonchev–Trinajstić information content (AvgIpc) is 3.17. The predicted octanol–water partition coefficient (Wildman–Crippen LogP) is 2.48. The van der Waals surface area contributed by atoms with Crippen molar-refractivity contribution in [3.8, 4) is 0 Å². The van der Waals surface area contributed by atoms with E-state index >= 15 is 0 Å². The Morgan fingerprint density at radius 1 is 0.737 bits per heavy atom. The third-order valence-corrected chi connectivity index (χ3v) is 5.36. The van der Waals surface area contributed by atoms with Crippen molar-refractivity contribution in [1.29, 1.82) is 0 Å². The molecule has 0 radical (unpaired) electrons. The van der Waals surface area contributed by atoms with Crippen molar-refractivity contribution in [2.45, 2.75) is 25.7 Å². The highest BCUT2D eigenvalue weighted by atomic mass is 16.6. The van der Waals surface area contributed by atoms with Gasteiger partial charge in [-0.3, -0.25) is 9.59 Å². The summed E-state index contributed by atoms with van der Waals surface area (Å²) in [6.07, 6.45) is 12.5. The maximum absolute atomic E-state index is 12.1. The maximum Gasteiger partial charge on any atom is 0.317 e. The molecule has 0 amide bonds. The van der Waals surface area contributed by atoms with Crippen LogP contribution in [0.5, 0.6) is 0 Å². The van der Waals surface area contributed by atoms with E-state index in [2.05, 4.69) is 24.3 Å². The van der Waals surface area contributed by atoms with Gasteiger partial charge in [0.1, 0.15) is 0 Å². The van der Waals surface area contributed by atoms with Gasteiger partial charge in [-0.05, 0) is 49.4 Å². The summed E-state index contributed by atoms with van der Waals surface area (Å²) in [4.78, 5) is 24.2. The number of carbonyl (C=O) groups excluding carboxylic acids is 2. The van der Waals surface area contributed by atoms with Crippen LogP contribution in [-0.4, -0.2) is 11.9 Å². The smallest absolute Gasteiger partial charge is 0.317 e. The molecule has 4 aliphatic carbocycles. The van der Waals surface area contributed by atoms with Crippen molar-refractivity contribution in [1.82, 2.24) is 0 Å². The summed E-state index contributed by atoms with van der Waals surface area (Å²) in [6, 6.07) is 0. The lowest BCUT2D eigenvalue weighted by atomic mass is 9.92. The van der Waals surface area contributed by atoms with Gasteiger partial charge in [0.05, 0.1) is 11.8 Å². The summed E-state index contributed by atoms with van der Waals surface area (Å²) in [7, 11) is 0. The zero-order valence-electron chi connectivity index (χ0n) is 10.8. The molecule has 19 heavy (non-hydrogen) atoms. The van der Waals surface area contributed by atoms with Crippen molar-refractivity contribution in [3.63, 3.8) is 0 Å². The first-order chi connectivity index (χ1) is 9.20. The predicted molar refractivity (Wildman–Crippen MR) is 68.8 cm³/mol. The molecular formula is C16H18O3. The first-order valence-corrected chi connectivity index (χ1v) is 7.33. The zero-order valence-corrected chi connectivity index (χ0v) is 10.8. The highest BCUT2D eigenvalue weighted by molar-refractivity contribution is 5.89. The number of carbonyl (C=O) groups is 2. The molecule has 0 aliphatic heterocycles. The first-order valence-electron chi connectivity index (χ1n) is 7.33. The number of esters is 2. The van der Waals surface area contributed by atoms with Crippen LogP contribution in [0.3, 0.4) is 0 Å². The Labute approximate surface area is 112 Å². The molecule has 0 heterocycles. The van der Waals surface area contributed by atoms with Gasteiger partial charge in [0.15, 0.2) is 0 Å². The SMILES string of the molecule is O=C(OC(=O)C1CC2C=CC1C2)C1CC2C=CC1C2. The maximum atomic E-state index is 12.1. The van der Waals surface area contributed by atoms with Gasteiger partial charge in [-0.15, -0.1) is 0 Å². The van der Waals surface area contributed by atoms with Crippen LogP contribution < -0.4 is 0 Å². The van der Waals surface area contributed by atoms with Gasteiger partial charge in [-0.1, -0.05) is 24.3 Å². The molecule has 2 saturated carbocycles. The summed E-state index contributed by atoms with van der Waals surface area (Å²) >= 11 is 0. The average molecular weight is 258 g/mol. The lowest BCUT2D eigenvalue weighted by Gasteiger charge is -2.19. The molecule has 0 aromatic rings. The van der Waals surface area contributed by atoms with E-state index in [1.165, 1.54) is 0 Å². The number of hydrogen-bond acceptors (Lipinski definition) is 3. The Morgan fingerprint density at radius 3 is 1.53 bits per heavy atom. The zero-order chi connectivity index (χ0) is 13.0. The molecule has 6 unspecified atom stereocenters. The summed E-state index contributed by atoms with van der Waals surface area (Å²) in [5.41, 5.74) is 0. The number of hydrogen-bond donors (Lipinski definition) is 0. The van der Waals surface area contributed by atoms with E-state index in [-0.39, 0.29) is 23.8 Å². The number of fused-ring (bicyclic) bond motifs is 4. The highest BCUT2D eigenvalue weighted by Crippen LogP contribution is 2.46. The highest BCUT2D eigenvalue weighted by Gasteiger charge is 2.44. The Morgan fingerprint density at radius 2 is 1.21 bits per heavy atom. The first kappa shape index (κ1) is 11.4. The molecule has 0 aromatic carbocycles. The molecule has 100 valence electrons. The van der Waals surface area contributed by atoms with E-state index in [4.69, 9.17) is 4.74 Å². The molecule has 4 bridgehead atoms. The number of ether oxygens (including phenoxy) is 1. The van der Waals surface area contributed by atoms with Crippen LogP contribution >= 0.6 is 0 Å². The molecule has 4 rings (SSSR count). The van der Waals surface area contributed by atoms with E-state index in [0.717, 1.165) is 25.7 Å². The fraction of sp³-hybridized carbons (Fsp3) is 0.625.